The summed E-state index contributed by atoms with van der Waals surface area (Å²) in [6, 6.07) is 56.7. The van der Waals surface area contributed by atoms with Crippen molar-refractivity contribution in [1.82, 2.24) is 4.98 Å². The number of hydrogen-bond donors (Lipinski definition) is 0. The van der Waals surface area contributed by atoms with Crippen molar-refractivity contribution in [2.24, 2.45) is 0 Å². The molecule has 2 heteroatoms. The number of rotatable bonds is 5. The van der Waals surface area contributed by atoms with E-state index >= 15 is 0 Å². The van der Waals surface area contributed by atoms with E-state index in [4.69, 9.17) is 4.98 Å². The summed E-state index contributed by atoms with van der Waals surface area (Å²) in [5.74, 6) is 0.0880. The maximum Gasteiger partial charge on any atom is 0.193 e. The van der Waals surface area contributed by atoms with Gasteiger partial charge in [0.2, 0.25) is 0 Å². The molecule has 1 aromatic heterocycles. The number of aromatic nitrogens is 1. The highest BCUT2D eigenvalue weighted by Gasteiger charge is 2.36. The van der Waals surface area contributed by atoms with Gasteiger partial charge in [-0.2, -0.15) is 0 Å². The van der Waals surface area contributed by atoms with Crippen LogP contribution in [0.4, 0.5) is 0 Å². The Morgan fingerprint density at radius 1 is 0.383 bits per heavy atom. The van der Waals surface area contributed by atoms with Gasteiger partial charge in [0.15, 0.2) is 5.78 Å². The third-order valence-corrected chi connectivity index (χ3v) is 9.52. The molecule has 1 aliphatic rings. The molecule has 0 amide bonds. The molecule has 0 bridgehead atoms. The largest absolute Gasteiger partial charge is 0.289 e. The Morgan fingerprint density at radius 3 is 1.60 bits per heavy atom. The van der Waals surface area contributed by atoms with Gasteiger partial charge in [-0.1, -0.05) is 159 Å². The first-order valence-corrected chi connectivity index (χ1v) is 16.1. The smallest absolute Gasteiger partial charge is 0.193 e. The average Bonchev–Trinajstić information content (AvgIpc) is 3.14. The molecule has 0 aliphatic heterocycles. The van der Waals surface area contributed by atoms with Crippen LogP contribution in [0.5, 0.6) is 0 Å². The van der Waals surface area contributed by atoms with Crippen LogP contribution in [0.25, 0.3) is 55.9 Å². The van der Waals surface area contributed by atoms with E-state index in [9.17, 15) is 4.79 Å². The zero-order chi connectivity index (χ0) is 32.0. The molecule has 1 aliphatic carbocycles. The van der Waals surface area contributed by atoms with Crippen molar-refractivity contribution in [1.29, 1.82) is 0 Å². The fourth-order valence-corrected chi connectivity index (χ4v) is 7.09. The van der Waals surface area contributed by atoms with Crippen LogP contribution in [0.3, 0.4) is 0 Å². The molecular weight excluding hydrogens is 571 g/mol. The number of hydrogen-bond acceptors (Lipinski definition) is 2. The molecule has 0 unspecified atom stereocenters. The molecule has 47 heavy (non-hydrogen) atoms. The maximum atomic E-state index is 13.9. The third kappa shape index (κ3) is 4.99. The van der Waals surface area contributed by atoms with Gasteiger partial charge in [-0.25, -0.2) is 4.98 Å². The standard InChI is InChI=1S/C45H33NO/c1-45(2)40-24-14-13-23-38(40)44(47)39-27-32(25-26-41(39)45)34-19-9-10-20-35(34)36-21-11-12-22-37(36)43-29-33(30-15-5-3-6-16-30)28-42(46-43)31-17-7-4-8-18-31/h3-29H,1-2H3. The highest BCUT2D eigenvalue weighted by Crippen LogP contribution is 2.44. The van der Waals surface area contributed by atoms with Gasteiger partial charge in [0.1, 0.15) is 0 Å². The fourth-order valence-electron chi connectivity index (χ4n) is 7.09. The fraction of sp³-hybridized carbons (Fsp3) is 0.0667. The first kappa shape index (κ1) is 28.6. The highest BCUT2D eigenvalue weighted by atomic mass is 16.1. The minimum absolute atomic E-state index is 0.0880. The van der Waals surface area contributed by atoms with Crippen molar-refractivity contribution in [3.05, 3.63) is 186 Å². The first-order chi connectivity index (χ1) is 23.0. The van der Waals surface area contributed by atoms with Crippen LogP contribution in [0.1, 0.15) is 40.9 Å². The number of nitrogens with zero attached hydrogens (tertiary/aromatic N) is 1. The van der Waals surface area contributed by atoms with Gasteiger partial charge < -0.3 is 0 Å². The molecule has 0 saturated carbocycles. The lowest BCUT2D eigenvalue weighted by Gasteiger charge is -2.34. The summed E-state index contributed by atoms with van der Waals surface area (Å²) in [4.78, 5) is 19.1. The molecule has 1 heterocycles. The Hall–Kier alpha value is -5.86. The molecule has 0 radical (unpaired) electrons. The molecule has 0 spiro atoms. The molecule has 6 aromatic carbocycles. The molecule has 8 rings (SSSR count). The van der Waals surface area contributed by atoms with Gasteiger partial charge >= 0.3 is 0 Å². The SMILES string of the molecule is CC1(C)c2ccccc2C(=O)c2cc(-c3ccccc3-c3ccccc3-c3cc(-c4ccccc4)cc(-c4ccccc4)n3)ccc21. The second-order valence-corrected chi connectivity index (χ2v) is 12.7. The monoisotopic (exact) mass is 603 g/mol. The summed E-state index contributed by atoms with van der Waals surface area (Å²) in [5.41, 5.74) is 14.0. The molecule has 7 aromatic rings. The second-order valence-electron chi connectivity index (χ2n) is 12.7. The lowest BCUT2D eigenvalue weighted by Crippen LogP contribution is -2.30. The molecule has 224 valence electrons. The summed E-state index contributed by atoms with van der Waals surface area (Å²) in [6.07, 6.45) is 0. The van der Waals surface area contributed by atoms with E-state index in [-0.39, 0.29) is 11.2 Å². The third-order valence-electron chi connectivity index (χ3n) is 9.52. The lowest BCUT2D eigenvalue weighted by molar-refractivity contribution is 0.103. The molecule has 0 fully saturated rings. The minimum Gasteiger partial charge on any atom is -0.289 e. The number of ketones is 1. The van der Waals surface area contributed by atoms with Crippen molar-refractivity contribution < 1.29 is 4.79 Å². The molecule has 0 saturated heterocycles. The van der Waals surface area contributed by atoms with Gasteiger partial charge in [0, 0.05) is 27.7 Å². The summed E-state index contributed by atoms with van der Waals surface area (Å²) in [5, 5.41) is 0. The second kappa shape index (κ2) is 11.5. The zero-order valence-electron chi connectivity index (χ0n) is 26.4. The summed E-state index contributed by atoms with van der Waals surface area (Å²) in [6.45, 7) is 4.42. The number of benzene rings is 6. The van der Waals surface area contributed by atoms with Gasteiger partial charge in [0.25, 0.3) is 0 Å². The minimum atomic E-state index is -0.267. The molecule has 2 nitrogen and oxygen atoms in total. The Labute approximate surface area is 276 Å². The van der Waals surface area contributed by atoms with Crippen LogP contribution in [-0.4, -0.2) is 10.8 Å². The number of carbonyl (C=O) groups is 1. The van der Waals surface area contributed by atoms with E-state index in [0.29, 0.717) is 0 Å². The highest BCUT2D eigenvalue weighted by molar-refractivity contribution is 6.14. The number of fused-ring (bicyclic) bond motifs is 2. The van der Waals surface area contributed by atoms with Crippen molar-refractivity contribution in [3.8, 4) is 55.9 Å². The average molecular weight is 604 g/mol. The predicted octanol–water partition coefficient (Wildman–Crippen LogP) is 11.3. The van der Waals surface area contributed by atoms with Crippen LogP contribution >= 0.6 is 0 Å². The quantitative estimate of drug-likeness (QED) is 0.196. The molecular formula is C45H33NO. The molecule has 0 atom stereocenters. The zero-order valence-corrected chi connectivity index (χ0v) is 26.4. The van der Waals surface area contributed by atoms with Crippen LogP contribution in [0, 0.1) is 0 Å². The van der Waals surface area contributed by atoms with E-state index in [2.05, 4.69) is 147 Å². The van der Waals surface area contributed by atoms with Gasteiger partial charge in [-0.3, -0.25) is 4.79 Å². The number of carbonyl (C=O) groups excluding carboxylic acids is 1. The van der Waals surface area contributed by atoms with Gasteiger partial charge in [0.05, 0.1) is 11.4 Å². The van der Waals surface area contributed by atoms with Crippen LogP contribution in [-0.2, 0) is 5.41 Å². The Kier molecular flexibility index (Phi) is 7.00. The van der Waals surface area contributed by atoms with Crippen LogP contribution in [0.15, 0.2) is 164 Å². The predicted molar refractivity (Wildman–Crippen MR) is 193 cm³/mol. The number of pyridine rings is 1. The lowest BCUT2D eigenvalue weighted by atomic mass is 9.68. The summed E-state index contributed by atoms with van der Waals surface area (Å²) < 4.78 is 0. The summed E-state index contributed by atoms with van der Waals surface area (Å²) >= 11 is 0. The topological polar surface area (TPSA) is 30.0 Å². The van der Waals surface area contributed by atoms with E-state index in [1.165, 1.54) is 0 Å². The molecule has 0 N–H and O–H groups in total. The van der Waals surface area contributed by atoms with E-state index in [1.54, 1.807) is 0 Å². The first-order valence-electron chi connectivity index (χ1n) is 16.1. The van der Waals surface area contributed by atoms with Crippen LogP contribution < -0.4 is 0 Å². The Morgan fingerprint density at radius 2 is 0.894 bits per heavy atom. The van der Waals surface area contributed by atoms with Crippen molar-refractivity contribution >= 4 is 5.78 Å². The van der Waals surface area contributed by atoms with Crippen molar-refractivity contribution in [2.45, 2.75) is 19.3 Å². The maximum absolute atomic E-state index is 13.9. The Balaban J connectivity index is 1.29. The van der Waals surface area contributed by atoms with E-state index < -0.39 is 0 Å². The van der Waals surface area contributed by atoms with E-state index in [1.807, 2.05) is 30.3 Å². The van der Waals surface area contributed by atoms with Crippen LogP contribution in [0.2, 0.25) is 0 Å². The summed E-state index contributed by atoms with van der Waals surface area (Å²) in [7, 11) is 0. The van der Waals surface area contributed by atoms with Gasteiger partial charge in [-0.05, 0) is 62.7 Å². The Bertz CT molecular complexity index is 2220. The normalized spacial score (nSPS) is 13.1. The van der Waals surface area contributed by atoms with Crippen molar-refractivity contribution in [3.63, 3.8) is 0 Å². The van der Waals surface area contributed by atoms with Gasteiger partial charge in [-0.15, -0.1) is 0 Å². The van der Waals surface area contributed by atoms with Crippen molar-refractivity contribution in [2.75, 3.05) is 0 Å². The van der Waals surface area contributed by atoms with E-state index in [0.717, 1.165) is 78.1 Å².